The molecule has 1 aromatic rings. The van der Waals surface area contributed by atoms with E-state index in [9.17, 15) is 14.4 Å². The lowest BCUT2D eigenvalue weighted by molar-refractivity contribution is -0.156. The van der Waals surface area contributed by atoms with Crippen LogP contribution in [0.4, 0.5) is 0 Å². The van der Waals surface area contributed by atoms with Crippen LogP contribution in [0.5, 0.6) is 5.75 Å². The number of Topliss-reactive ketones (excluding diaryl/α,β-unsaturated/α-hetero) is 2. The highest BCUT2D eigenvalue weighted by Gasteiger charge is 2.60. The van der Waals surface area contributed by atoms with Gasteiger partial charge >= 0.3 is 5.97 Å². The van der Waals surface area contributed by atoms with Gasteiger partial charge in [0.15, 0.2) is 0 Å². The summed E-state index contributed by atoms with van der Waals surface area (Å²) in [5.41, 5.74) is 2.23. The molecule has 6 heteroatoms. The summed E-state index contributed by atoms with van der Waals surface area (Å²) in [5.74, 6) is -0.521. The highest BCUT2D eigenvalue weighted by molar-refractivity contribution is 6.74. The fourth-order valence-corrected chi connectivity index (χ4v) is 7.48. The summed E-state index contributed by atoms with van der Waals surface area (Å²) in [6, 6.07) is 6.62. The predicted octanol–water partition coefficient (Wildman–Crippen LogP) is 5.85. The van der Waals surface area contributed by atoms with Gasteiger partial charge in [0.1, 0.15) is 11.5 Å². The van der Waals surface area contributed by atoms with Crippen molar-refractivity contribution in [3.05, 3.63) is 29.3 Å². The Kier molecular flexibility index (Phi) is 6.37. The molecule has 2 fully saturated rings. The van der Waals surface area contributed by atoms with Crippen LogP contribution in [0.3, 0.4) is 0 Å². The Labute approximate surface area is 205 Å². The molecule has 0 aliphatic heterocycles. The molecular weight excluding hydrogens is 444 g/mol. The Hall–Kier alpha value is -1.95. The lowest BCUT2D eigenvalue weighted by Crippen LogP contribution is -2.44. The van der Waals surface area contributed by atoms with Crippen molar-refractivity contribution < 1.29 is 23.5 Å². The molecule has 34 heavy (non-hydrogen) atoms. The first-order chi connectivity index (χ1) is 15.8. The average Bonchev–Trinajstić information content (AvgIpc) is 3.03. The van der Waals surface area contributed by atoms with Crippen molar-refractivity contribution in [1.29, 1.82) is 0 Å². The zero-order valence-electron chi connectivity index (χ0n) is 21.8. The first-order valence-electron chi connectivity index (χ1n) is 12.9. The summed E-state index contributed by atoms with van der Waals surface area (Å²) >= 11 is 0. The molecule has 0 spiro atoms. The summed E-state index contributed by atoms with van der Waals surface area (Å²) in [7, 11) is -1.90. The molecule has 2 saturated carbocycles. The summed E-state index contributed by atoms with van der Waals surface area (Å²) < 4.78 is 11.5. The fraction of sp³-hybridized carbons (Fsp3) is 0.679. The van der Waals surface area contributed by atoms with E-state index in [1.807, 2.05) is 6.92 Å². The maximum Gasteiger partial charge on any atom is 0.375 e. The van der Waals surface area contributed by atoms with Crippen LogP contribution in [-0.2, 0) is 25.5 Å². The predicted molar refractivity (Wildman–Crippen MR) is 134 cm³/mol. The van der Waals surface area contributed by atoms with E-state index in [2.05, 4.69) is 52.1 Å². The number of hydrogen-bond acceptors (Lipinski definition) is 5. The normalized spacial score (nSPS) is 30.7. The third-order valence-corrected chi connectivity index (χ3v) is 13.8. The number of benzene rings is 1. The van der Waals surface area contributed by atoms with Crippen LogP contribution in [0.1, 0.15) is 77.3 Å². The number of aryl methyl sites for hydroxylation is 1. The number of rotatable bonds is 5. The van der Waals surface area contributed by atoms with E-state index in [1.165, 1.54) is 11.1 Å². The van der Waals surface area contributed by atoms with E-state index < -0.39 is 31.4 Å². The Morgan fingerprint density at radius 2 is 1.88 bits per heavy atom. The summed E-state index contributed by atoms with van der Waals surface area (Å²) in [6.07, 6.45) is 4.17. The molecule has 3 aliphatic rings. The van der Waals surface area contributed by atoms with E-state index in [0.717, 1.165) is 31.4 Å². The van der Waals surface area contributed by atoms with Gasteiger partial charge in [-0.3, -0.25) is 9.59 Å². The van der Waals surface area contributed by atoms with Gasteiger partial charge in [-0.2, -0.15) is 0 Å². The maximum atomic E-state index is 13.3. The van der Waals surface area contributed by atoms with Crippen LogP contribution in [-0.4, -0.2) is 32.5 Å². The SMILES string of the molecule is CCOC(=O)C(=O)C1CC2C3CCc4cc(O[Si](C)(C)C(C)(C)C)ccc4C3CC[C@]2(C)C1=O. The topological polar surface area (TPSA) is 69.7 Å². The molecule has 1 aromatic carbocycles. The molecule has 0 saturated heterocycles. The molecule has 0 amide bonds. The molecule has 0 bridgehead atoms. The van der Waals surface area contributed by atoms with E-state index in [0.29, 0.717) is 18.3 Å². The lowest BCUT2D eigenvalue weighted by Gasteiger charge is -2.48. The zero-order valence-corrected chi connectivity index (χ0v) is 22.8. The molecular formula is C28H40O5Si. The van der Waals surface area contributed by atoms with E-state index in [1.54, 1.807) is 6.92 Å². The molecule has 0 heterocycles. The Morgan fingerprint density at radius 1 is 1.18 bits per heavy atom. The van der Waals surface area contributed by atoms with Crippen LogP contribution in [0.15, 0.2) is 18.2 Å². The highest BCUT2D eigenvalue weighted by atomic mass is 28.4. The van der Waals surface area contributed by atoms with Crippen molar-refractivity contribution in [3.63, 3.8) is 0 Å². The summed E-state index contributed by atoms with van der Waals surface area (Å²) in [6.45, 7) is 15.2. The monoisotopic (exact) mass is 484 g/mol. The van der Waals surface area contributed by atoms with Gasteiger partial charge < -0.3 is 9.16 Å². The van der Waals surface area contributed by atoms with Crippen molar-refractivity contribution in [3.8, 4) is 5.75 Å². The van der Waals surface area contributed by atoms with E-state index >= 15 is 0 Å². The van der Waals surface area contributed by atoms with Crippen molar-refractivity contribution in [1.82, 2.24) is 0 Å². The Morgan fingerprint density at radius 3 is 2.53 bits per heavy atom. The molecule has 4 rings (SSSR count). The molecule has 0 radical (unpaired) electrons. The number of ether oxygens (including phenoxy) is 1. The first kappa shape index (κ1) is 25.1. The number of carbonyl (C=O) groups excluding carboxylic acids is 3. The molecule has 0 N–H and O–H groups in total. The number of esters is 1. The standard InChI is InChI=1S/C28H40O5Si/c1-8-32-26(31)24(29)22-16-23-21-11-9-17-15-18(33-34(6,7)27(2,3)4)10-12-19(17)20(21)13-14-28(23,5)25(22)30/h10,12,15,20-23H,8-9,11,13-14,16H2,1-7H3/t20?,21?,22?,23?,28-/m0/s1. The highest BCUT2D eigenvalue weighted by Crippen LogP contribution is 2.61. The zero-order chi connectivity index (χ0) is 25.1. The Balaban J connectivity index is 1.56. The smallest absolute Gasteiger partial charge is 0.375 e. The largest absolute Gasteiger partial charge is 0.543 e. The average molecular weight is 485 g/mol. The number of ketones is 2. The van der Waals surface area contributed by atoms with Gasteiger partial charge in [-0.15, -0.1) is 0 Å². The number of carbonyl (C=O) groups is 3. The molecule has 5 nitrogen and oxygen atoms in total. The number of fused-ring (bicyclic) bond motifs is 5. The van der Waals surface area contributed by atoms with Crippen molar-refractivity contribution in [2.45, 2.75) is 90.8 Å². The summed E-state index contributed by atoms with van der Waals surface area (Å²) in [4.78, 5) is 38.1. The van der Waals surface area contributed by atoms with Crippen molar-refractivity contribution >= 4 is 25.9 Å². The van der Waals surface area contributed by atoms with Crippen LogP contribution >= 0.6 is 0 Å². The second-order valence-electron chi connectivity index (χ2n) is 12.3. The molecule has 4 unspecified atom stereocenters. The van der Waals surface area contributed by atoms with Gasteiger partial charge in [0.2, 0.25) is 14.1 Å². The fourth-order valence-electron chi connectivity index (χ4n) is 6.46. The Bertz CT molecular complexity index is 1010. The molecule has 0 aromatic heterocycles. The van der Waals surface area contributed by atoms with E-state index in [-0.39, 0.29) is 23.3 Å². The quantitative estimate of drug-likeness (QED) is 0.227. The van der Waals surface area contributed by atoms with Crippen LogP contribution in [0, 0.1) is 23.2 Å². The van der Waals surface area contributed by atoms with Gasteiger partial charge in [0.05, 0.1) is 12.5 Å². The molecule has 186 valence electrons. The molecule has 3 aliphatic carbocycles. The number of hydrogen-bond donors (Lipinski definition) is 0. The van der Waals surface area contributed by atoms with E-state index in [4.69, 9.17) is 9.16 Å². The maximum absolute atomic E-state index is 13.3. The van der Waals surface area contributed by atoms with Gasteiger partial charge in [0.25, 0.3) is 0 Å². The van der Waals surface area contributed by atoms with Gasteiger partial charge in [-0.25, -0.2) is 4.79 Å². The third-order valence-electron chi connectivity index (χ3n) is 9.43. The van der Waals surface area contributed by atoms with Crippen molar-refractivity contribution in [2.75, 3.05) is 6.61 Å². The van der Waals surface area contributed by atoms with Gasteiger partial charge in [-0.05, 0) is 98.2 Å². The minimum Gasteiger partial charge on any atom is -0.543 e. The van der Waals surface area contributed by atoms with Crippen LogP contribution < -0.4 is 4.43 Å². The summed E-state index contributed by atoms with van der Waals surface area (Å²) in [5, 5.41) is 0.147. The second kappa shape index (κ2) is 8.61. The molecule has 5 atom stereocenters. The minimum atomic E-state index is -1.90. The lowest BCUT2D eigenvalue weighted by atomic mass is 9.55. The first-order valence-corrected chi connectivity index (χ1v) is 15.8. The van der Waals surface area contributed by atoms with Gasteiger partial charge in [-0.1, -0.05) is 33.8 Å². The second-order valence-corrected chi connectivity index (χ2v) is 17.1. The van der Waals surface area contributed by atoms with Crippen LogP contribution in [0.2, 0.25) is 18.1 Å². The van der Waals surface area contributed by atoms with Gasteiger partial charge in [0, 0.05) is 5.41 Å². The third kappa shape index (κ3) is 4.06. The van der Waals surface area contributed by atoms with Crippen LogP contribution in [0.25, 0.3) is 0 Å². The van der Waals surface area contributed by atoms with Crippen molar-refractivity contribution in [2.24, 2.45) is 23.2 Å². The minimum absolute atomic E-state index is 0.0436.